The van der Waals surface area contributed by atoms with Gasteiger partial charge in [0.2, 0.25) is 0 Å². The Bertz CT molecular complexity index is 1190. The minimum atomic E-state index is -0.867. The van der Waals surface area contributed by atoms with Gasteiger partial charge in [0.25, 0.3) is 0 Å². The summed E-state index contributed by atoms with van der Waals surface area (Å²) in [5, 5.41) is 12.7. The van der Waals surface area contributed by atoms with Crippen LogP contribution >= 0.6 is 0 Å². The molecule has 212 valence electrons. The van der Waals surface area contributed by atoms with Gasteiger partial charge in [-0.2, -0.15) is 0 Å². The van der Waals surface area contributed by atoms with Crippen molar-refractivity contribution in [2.24, 2.45) is 45.8 Å². The van der Waals surface area contributed by atoms with Gasteiger partial charge in [0.05, 0.1) is 12.7 Å². The number of aromatic carboxylic acids is 1. The highest BCUT2D eigenvalue weighted by Crippen LogP contribution is 2.75. The lowest BCUT2D eigenvalue weighted by Crippen LogP contribution is -2.67. The molecule has 5 aliphatic rings. The Kier molecular flexibility index (Phi) is 6.28. The molecule has 39 heavy (non-hydrogen) atoms. The Morgan fingerprint density at radius 2 is 1.64 bits per heavy atom. The Balaban J connectivity index is 1.30. The number of alkyl carbamates (subject to hydrolysis) is 1. The van der Waals surface area contributed by atoms with Crippen LogP contribution in [0, 0.1) is 45.8 Å². The number of methoxy groups -OCH3 is 1. The third-order valence-electron chi connectivity index (χ3n) is 13.6. The second kappa shape index (κ2) is 9.11. The van der Waals surface area contributed by atoms with Crippen LogP contribution in [0.3, 0.4) is 0 Å². The van der Waals surface area contributed by atoms with Crippen LogP contribution in [0.5, 0.6) is 0 Å². The molecule has 0 radical (unpaired) electrons. The molecule has 0 aliphatic heterocycles. The smallest absolute Gasteiger partial charge is 0.407 e. The van der Waals surface area contributed by atoms with Gasteiger partial charge >= 0.3 is 12.1 Å². The molecule has 0 aromatic heterocycles. The number of amides is 1. The van der Waals surface area contributed by atoms with Crippen molar-refractivity contribution in [3.8, 4) is 0 Å². The van der Waals surface area contributed by atoms with E-state index in [1.54, 1.807) is 12.1 Å². The fourth-order valence-corrected chi connectivity index (χ4v) is 11.5. The van der Waals surface area contributed by atoms with E-state index >= 15 is 0 Å². The molecular formula is C34H47NO4. The average Bonchev–Trinajstić information content (AvgIpc) is 3.33. The lowest BCUT2D eigenvalue weighted by atomic mass is 9.34. The number of hydrogen-bond acceptors (Lipinski definition) is 3. The largest absolute Gasteiger partial charge is 0.478 e. The lowest BCUT2D eigenvalue weighted by molar-refractivity contribution is -0.211. The van der Waals surface area contributed by atoms with E-state index in [2.05, 4.69) is 39.1 Å². The number of carbonyl (C=O) groups is 2. The van der Waals surface area contributed by atoms with Crippen molar-refractivity contribution in [2.75, 3.05) is 7.11 Å². The molecule has 8 unspecified atom stereocenters. The summed E-state index contributed by atoms with van der Waals surface area (Å²) in [7, 11) is 1.49. The minimum Gasteiger partial charge on any atom is -0.478 e. The molecular weight excluding hydrogens is 486 g/mol. The fraction of sp³-hybridized carbons (Fsp3) is 0.706. The van der Waals surface area contributed by atoms with Gasteiger partial charge in [-0.05, 0) is 127 Å². The first-order chi connectivity index (χ1) is 18.5. The van der Waals surface area contributed by atoms with Crippen molar-refractivity contribution >= 4 is 17.6 Å². The van der Waals surface area contributed by atoms with Crippen molar-refractivity contribution in [1.82, 2.24) is 5.32 Å². The SMILES string of the molecule is COC(=O)NC12CCCC1C1CCC3C4(C)CC=C(c5ccc(C(=O)O)cc5)C(C)C4CCC3(C)[C@]1(C)CC2. The summed E-state index contributed by atoms with van der Waals surface area (Å²) in [6, 6.07) is 7.51. The van der Waals surface area contributed by atoms with Gasteiger partial charge in [-0.25, -0.2) is 9.59 Å². The number of carboxylic acids is 1. The molecule has 5 nitrogen and oxygen atoms in total. The number of nitrogens with one attached hydrogen (secondary N) is 1. The van der Waals surface area contributed by atoms with Crippen LogP contribution in [0.2, 0.25) is 0 Å². The molecule has 0 heterocycles. The van der Waals surface area contributed by atoms with Gasteiger partial charge in [-0.3, -0.25) is 0 Å². The number of carbonyl (C=O) groups excluding carboxylic acids is 1. The van der Waals surface area contributed by atoms with Crippen LogP contribution in [0.1, 0.15) is 108 Å². The van der Waals surface area contributed by atoms with Crippen LogP contribution in [-0.2, 0) is 4.74 Å². The van der Waals surface area contributed by atoms with Gasteiger partial charge in [-0.1, -0.05) is 52.3 Å². The van der Waals surface area contributed by atoms with Crippen molar-refractivity contribution < 1.29 is 19.4 Å². The monoisotopic (exact) mass is 533 g/mol. The average molecular weight is 534 g/mol. The number of carboxylic acid groups (broad SMARTS) is 1. The van der Waals surface area contributed by atoms with Crippen LogP contribution in [-0.4, -0.2) is 29.8 Å². The summed E-state index contributed by atoms with van der Waals surface area (Å²) >= 11 is 0. The molecule has 6 rings (SSSR count). The summed E-state index contributed by atoms with van der Waals surface area (Å²) in [5.74, 6) is 2.16. The van der Waals surface area contributed by atoms with Gasteiger partial charge in [0.1, 0.15) is 0 Å². The molecule has 0 spiro atoms. The predicted octanol–water partition coefficient (Wildman–Crippen LogP) is 7.95. The maximum Gasteiger partial charge on any atom is 0.407 e. The maximum absolute atomic E-state index is 12.4. The van der Waals surface area contributed by atoms with E-state index in [0.29, 0.717) is 46.0 Å². The van der Waals surface area contributed by atoms with E-state index in [1.807, 2.05) is 12.1 Å². The zero-order chi connectivity index (χ0) is 27.8. The van der Waals surface area contributed by atoms with Crippen LogP contribution in [0.4, 0.5) is 4.79 Å². The highest BCUT2D eigenvalue weighted by atomic mass is 16.5. The maximum atomic E-state index is 12.4. The molecule has 1 amide bonds. The van der Waals surface area contributed by atoms with Crippen molar-refractivity contribution in [3.63, 3.8) is 0 Å². The van der Waals surface area contributed by atoms with E-state index in [1.165, 1.54) is 63.2 Å². The summed E-state index contributed by atoms with van der Waals surface area (Å²) in [6.45, 7) is 10.3. The van der Waals surface area contributed by atoms with Crippen molar-refractivity contribution in [3.05, 3.63) is 41.5 Å². The standard InChI is InChI=1S/C34H47NO4/c1-21-24(22-8-10-23(11-9-22)29(36)37)14-17-31(2)25(21)15-18-33(4)28(31)13-12-26-27-7-6-16-34(27,35-30(38)39-5)20-19-32(26,33)3/h8-11,14,21,25-28H,6-7,12-13,15-20H2,1-5H3,(H,35,38)(H,36,37)/t21?,25?,26?,27?,28?,31?,32-,33?,34?/m1/s1. The normalized spacial score (nSPS) is 44.6. The van der Waals surface area contributed by atoms with E-state index in [-0.39, 0.29) is 17.0 Å². The van der Waals surface area contributed by atoms with Gasteiger partial charge in [0, 0.05) is 5.54 Å². The zero-order valence-electron chi connectivity index (χ0n) is 24.5. The first-order valence-corrected chi connectivity index (χ1v) is 15.4. The Hall–Kier alpha value is -2.30. The third kappa shape index (κ3) is 3.70. The van der Waals surface area contributed by atoms with E-state index < -0.39 is 5.97 Å². The molecule has 1 aromatic carbocycles. The first-order valence-electron chi connectivity index (χ1n) is 15.4. The molecule has 0 saturated heterocycles. The molecule has 5 aliphatic carbocycles. The number of fused-ring (bicyclic) bond motifs is 7. The summed E-state index contributed by atoms with van der Waals surface area (Å²) in [5.41, 5.74) is 3.73. The Morgan fingerprint density at radius 1 is 0.897 bits per heavy atom. The van der Waals surface area contributed by atoms with Crippen molar-refractivity contribution in [2.45, 2.75) is 97.4 Å². The fourth-order valence-electron chi connectivity index (χ4n) is 11.5. The van der Waals surface area contributed by atoms with Gasteiger partial charge < -0.3 is 15.2 Å². The number of rotatable bonds is 3. The van der Waals surface area contributed by atoms with Crippen LogP contribution in [0.25, 0.3) is 5.57 Å². The third-order valence-corrected chi connectivity index (χ3v) is 13.6. The first kappa shape index (κ1) is 26.9. The Labute approximate surface area is 234 Å². The molecule has 4 fully saturated rings. The predicted molar refractivity (Wildman–Crippen MR) is 153 cm³/mol. The summed E-state index contributed by atoms with van der Waals surface area (Å²) in [4.78, 5) is 23.8. The quantitative estimate of drug-likeness (QED) is 0.413. The van der Waals surface area contributed by atoms with Crippen molar-refractivity contribution in [1.29, 1.82) is 0 Å². The van der Waals surface area contributed by atoms with Crippen LogP contribution < -0.4 is 5.32 Å². The lowest BCUT2D eigenvalue weighted by Gasteiger charge is -2.71. The van der Waals surface area contributed by atoms with E-state index in [9.17, 15) is 14.7 Å². The minimum absolute atomic E-state index is 0.0747. The van der Waals surface area contributed by atoms with Gasteiger partial charge in [0.15, 0.2) is 0 Å². The highest BCUT2D eigenvalue weighted by Gasteiger charge is 2.68. The molecule has 4 saturated carbocycles. The Morgan fingerprint density at radius 3 is 2.33 bits per heavy atom. The molecule has 2 N–H and O–H groups in total. The second-order valence-electron chi connectivity index (χ2n) is 14.5. The number of allylic oxidation sites excluding steroid dienone is 2. The summed E-state index contributed by atoms with van der Waals surface area (Å²) < 4.78 is 5.08. The van der Waals surface area contributed by atoms with E-state index in [0.717, 1.165) is 19.3 Å². The molecule has 5 heteroatoms. The summed E-state index contributed by atoms with van der Waals surface area (Å²) in [6.07, 6.45) is 14.3. The van der Waals surface area contributed by atoms with E-state index in [4.69, 9.17) is 4.74 Å². The number of benzene rings is 1. The second-order valence-corrected chi connectivity index (χ2v) is 14.5. The topological polar surface area (TPSA) is 75.6 Å². The highest BCUT2D eigenvalue weighted by molar-refractivity contribution is 5.88. The molecule has 1 aromatic rings. The van der Waals surface area contributed by atoms with Crippen LogP contribution in [0.15, 0.2) is 30.3 Å². The van der Waals surface area contributed by atoms with Gasteiger partial charge in [-0.15, -0.1) is 0 Å². The number of ether oxygens (including phenoxy) is 1. The molecule has 9 atom stereocenters. The molecule has 0 bridgehead atoms. The zero-order valence-corrected chi connectivity index (χ0v) is 24.5. The number of hydrogen-bond donors (Lipinski definition) is 2.